The van der Waals surface area contributed by atoms with Crippen LogP contribution in [0.25, 0.3) is 0 Å². The Bertz CT molecular complexity index is 543. The minimum absolute atomic E-state index is 0.496. The summed E-state index contributed by atoms with van der Waals surface area (Å²) in [6.45, 7) is 1.99. The molecule has 1 aromatic carbocycles. The number of nitrogens with one attached hydrogen (secondary N) is 1. The van der Waals surface area contributed by atoms with Gasteiger partial charge in [-0.3, -0.25) is 0 Å². The van der Waals surface area contributed by atoms with Gasteiger partial charge in [0.2, 0.25) is 5.88 Å². The van der Waals surface area contributed by atoms with Crippen molar-refractivity contribution in [1.82, 2.24) is 9.97 Å². The van der Waals surface area contributed by atoms with Gasteiger partial charge in [-0.2, -0.15) is 0 Å². The van der Waals surface area contributed by atoms with Gasteiger partial charge >= 0.3 is 0 Å². The number of methoxy groups -OCH3 is 1. The third-order valence-corrected chi connectivity index (χ3v) is 2.67. The number of rotatable bonds is 5. The van der Waals surface area contributed by atoms with Gasteiger partial charge in [0.1, 0.15) is 23.6 Å². The molecule has 2 rings (SSSR count). The average molecular weight is 260 g/mol. The number of nitrogens with two attached hydrogens (primary N) is 1. The molecule has 19 heavy (non-hydrogen) atoms. The normalized spacial score (nSPS) is 10.1. The molecule has 1 heterocycles. The number of benzene rings is 1. The molecule has 0 saturated carbocycles. The van der Waals surface area contributed by atoms with Crippen LogP contribution in [0.1, 0.15) is 12.5 Å². The Labute approximate surface area is 111 Å². The minimum Gasteiger partial charge on any atom is -0.497 e. The standard InChI is InChI=1S/C13H16N4O2/c1-3-11-12(17-14)15-8-16-13(11)19-10-6-4-9(18-2)5-7-10/h4-8H,3,14H2,1-2H3,(H,15,16,17). The smallest absolute Gasteiger partial charge is 0.227 e. The summed E-state index contributed by atoms with van der Waals surface area (Å²) in [6.07, 6.45) is 2.12. The fourth-order valence-electron chi connectivity index (χ4n) is 1.68. The first-order valence-electron chi connectivity index (χ1n) is 5.90. The summed E-state index contributed by atoms with van der Waals surface area (Å²) in [5, 5.41) is 0. The van der Waals surface area contributed by atoms with E-state index in [0.717, 1.165) is 11.3 Å². The van der Waals surface area contributed by atoms with Crippen LogP contribution in [0.4, 0.5) is 5.82 Å². The fourth-order valence-corrected chi connectivity index (χ4v) is 1.68. The molecule has 6 heteroatoms. The lowest BCUT2D eigenvalue weighted by molar-refractivity contribution is 0.411. The Kier molecular flexibility index (Phi) is 4.15. The van der Waals surface area contributed by atoms with Crippen molar-refractivity contribution in [2.24, 2.45) is 5.84 Å². The lowest BCUT2D eigenvalue weighted by Crippen LogP contribution is -2.12. The van der Waals surface area contributed by atoms with Crippen LogP contribution in [0.3, 0.4) is 0 Å². The zero-order valence-corrected chi connectivity index (χ0v) is 10.9. The third-order valence-electron chi connectivity index (χ3n) is 2.67. The van der Waals surface area contributed by atoms with Crippen molar-refractivity contribution in [3.63, 3.8) is 0 Å². The molecule has 3 N–H and O–H groups in total. The molecule has 0 fully saturated rings. The van der Waals surface area contributed by atoms with Gasteiger partial charge < -0.3 is 14.9 Å². The second kappa shape index (κ2) is 6.01. The molecule has 100 valence electrons. The van der Waals surface area contributed by atoms with E-state index in [1.54, 1.807) is 7.11 Å². The van der Waals surface area contributed by atoms with Gasteiger partial charge in [-0.1, -0.05) is 6.92 Å². The third kappa shape index (κ3) is 2.92. The molecule has 0 spiro atoms. The number of hydrogen-bond donors (Lipinski definition) is 2. The highest BCUT2D eigenvalue weighted by atomic mass is 16.5. The van der Waals surface area contributed by atoms with E-state index in [0.29, 0.717) is 23.9 Å². The van der Waals surface area contributed by atoms with Crippen molar-refractivity contribution < 1.29 is 9.47 Å². The molecule has 0 aliphatic rings. The molecular weight excluding hydrogens is 244 g/mol. The van der Waals surface area contributed by atoms with Crippen LogP contribution >= 0.6 is 0 Å². The van der Waals surface area contributed by atoms with Crippen molar-refractivity contribution in [2.75, 3.05) is 12.5 Å². The number of hydrazine groups is 1. The predicted octanol–water partition coefficient (Wildman–Crippen LogP) is 2.13. The Morgan fingerprint density at radius 2 is 1.84 bits per heavy atom. The molecular formula is C13H16N4O2. The van der Waals surface area contributed by atoms with E-state index in [9.17, 15) is 0 Å². The summed E-state index contributed by atoms with van der Waals surface area (Å²) >= 11 is 0. The Hall–Kier alpha value is -2.34. The highest BCUT2D eigenvalue weighted by molar-refractivity contribution is 5.49. The SMILES string of the molecule is CCc1c(NN)ncnc1Oc1ccc(OC)cc1. The van der Waals surface area contributed by atoms with Crippen molar-refractivity contribution in [1.29, 1.82) is 0 Å². The molecule has 0 saturated heterocycles. The molecule has 0 atom stereocenters. The van der Waals surface area contributed by atoms with Crippen LogP contribution in [0.5, 0.6) is 17.4 Å². The highest BCUT2D eigenvalue weighted by Gasteiger charge is 2.11. The maximum absolute atomic E-state index is 5.74. The molecule has 0 bridgehead atoms. The monoisotopic (exact) mass is 260 g/mol. The lowest BCUT2D eigenvalue weighted by Gasteiger charge is -2.11. The summed E-state index contributed by atoms with van der Waals surface area (Å²) in [7, 11) is 1.62. The highest BCUT2D eigenvalue weighted by Crippen LogP contribution is 2.27. The topological polar surface area (TPSA) is 82.3 Å². The zero-order chi connectivity index (χ0) is 13.7. The van der Waals surface area contributed by atoms with E-state index in [1.807, 2.05) is 31.2 Å². The van der Waals surface area contributed by atoms with Gasteiger partial charge in [0.15, 0.2) is 0 Å². The molecule has 0 amide bonds. The van der Waals surface area contributed by atoms with Crippen LogP contribution in [-0.2, 0) is 6.42 Å². The molecule has 0 aliphatic heterocycles. The maximum Gasteiger partial charge on any atom is 0.227 e. The van der Waals surface area contributed by atoms with E-state index in [4.69, 9.17) is 15.3 Å². The van der Waals surface area contributed by atoms with Crippen molar-refractivity contribution in [2.45, 2.75) is 13.3 Å². The van der Waals surface area contributed by atoms with Crippen LogP contribution in [0.15, 0.2) is 30.6 Å². The summed E-state index contributed by atoms with van der Waals surface area (Å²) in [6, 6.07) is 7.28. The van der Waals surface area contributed by atoms with Crippen molar-refractivity contribution in [3.05, 3.63) is 36.2 Å². The molecule has 2 aromatic rings. The van der Waals surface area contributed by atoms with Crippen LogP contribution in [-0.4, -0.2) is 17.1 Å². The van der Waals surface area contributed by atoms with E-state index in [-0.39, 0.29) is 0 Å². The molecule has 1 aromatic heterocycles. The largest absolute Gasteiger partial charge is 0.497 e. The van der Waals surface area contributed by atoms with Gasteiger partial charge in [0.25, 0.3) is 0 Å². The van der Waals surface area contributed by atoms with Gasteiger partial charge in [-0.25, -0.2) is 15.8 Å². The number of nitrogens with zero attached hydrogens (tertiary/aromatic N) is 2. The summed E-state index contributed by atoms with van der Waals surface area (Å²) in [5.74, 6) is 7.93. The molecule has 0 aliphatic carbocycles. The Morgan fingerprint density at radius 3 is 2.42 bits per heavy atom. The molecule has 6 nitrogen and oxygen atoms in total. The van der Waals surface area contributed by atoms with Gasteiger partial charge in [-0.15, -0.1) is 0 Å². The first-order valence-corrected chi connectivity index (χ1v) is 5.90. The number of anilines is 1. The van der Waals surface area contributed by atoms with E-state index < -0.39 is 0 Å². The summed E-state index contributed by atoms with van der Waals surface area (Å²) in [5.41, 5.74) is 3.37. The first kappa shape index (κ1) is 13.1. The van der Waals surface area contributed by atoms with Crippen LogP contribution < -0.4 is 20.7 Å². The van der Waals surface area contributed by atoms with Gasteiger partial charge in [0.05, 0.1) is 12.7 Å². The first-order chi connectivity index (χ1) is 9.28. The Morgan fingerprint density at radius 1 is 1.16 bits per heavy atom. The van der Waals surface area contributed by atoms with E-state index in [2.05, 4.69) is 15.4 Å². The molecule has 0 radical (unpaired) electrons. The number of nitrogen functional groups attached to an aromatic ring is 1. The quantitative estimate of drug-likeness (QED) is 0.633. The number of aromatic nitrogens is 2. The van der Waals surface area contributed by atoms with Gasteiger partial charge in [-0.05, 0) is 30.7 Å². The average Bonchev–Trinajstić information content (AvgIpc) is 2.47. The minimum atomic E-state index is 0.496. The second-order valence-electron chi connectivity index (χ2n) is 3.78. The lowest BCUT2D eigenvalue weighted by atomic mass is 10.2. The molecule has 0 unspecified atom stereocenters. The zero-order valence-electron chi connectivity index (χ0n) is 10.9. The van der Waals surface area contributed by atoms with Crippen molar-refractivity contribution >= 4 is 5.82 Å². The number of ether oxygens (including phenoxy) is 2. The van der Waals surface area contributed by atoms with Gasteiger partial charge in [0, 0.05) is 0 Å². The van der Waals surface area contributed by atoms with E-state index >= 15 is 0 Å². The second-order valence-corrected chi connectivity index (χ2v) is 3.78. The summed E-state index contributed by atoms with van der Waals surface area (Å²) in [4.78, 5) is 8.19. The van der Waals surface area contributed by atoms with E-state index in [1.165, 1.54) is 6.33 Å². The number of hydrogen-bond acceptors (Lipinski definition) is 6. The Balaban J connectivity index is 2.26. The summed E-state index contributed by atoms with van der Waals surface area (Å²) < 4.78 is 10.8. The van der Waals surface area contributed by atoms with Crippen LogP contribution in [0.2, 0.25) is 0 Å². The maximum atomic E-state index is 5.74. The predicted molar refractivity (Wildman–Crippen MR) is 72.3 cm³/mol. The fraction of sp³-hybridized carbons (Fsp3) is 0.231. The van der Waals surface area contributed by atoms with Crippen molar-refractivity contribution in [3.8, 4) is 17.4 Å². The van der Waals surface area contributed by atoms with Crippen LogP contribution in [0, 0.1) is 0 Å².